The van der Waals surface area contributed by atoms with E-state index in [4.69, 9.17) is 21.1 Å². The number of benzene rings is 1. The van der Waals surface area contributed by atoms with Crippen molar-refractivity contribution >= 4 is 17.4 Å². The summed E-state index contributed by atoms with van der Waals surface area (Å²) in [5.41, 5.74) is 0.591. The monoisotopic (exact) mass is 278 g/mol. The van der Waals surface area contributed by atoms with Gasteiger partial charge < -0.3 is 9.47 Å². The number of ether oxygens (including phenoxy) is 2. The van der Waals surface area contributed by atoms with Crippen LogP contribution in [0.4, 0.5) is 0 Å². The third-order valence-electron chi connectivity index (χ3n) is 2.44. The second-order valence-corrected chi connectivity index (χ2v) is 4.04. The van der Waals surface area contributed by atoms with Gasteiger partial charge in [0.05, 0.1) is 20.4 Å². The van der Waals surface area contributed by atoms with Crippen LogP contribution in [0.3, 0.4) is 0 Å². The minimum atomic E-state index is -0.288. The Hall–Kier alpha value is -2.14. The van der Waals surface area contributed by atoms with Gasteiger partial charge in [-0.05, 0) is 24.3 Å². The van der Waals surface area contributed by atoms with E-state index in [1.54, 1.807) is 24.3 Å². The maximum absolute atomic E-state index is 12.3. The molecule has 0 aliphatic heterocycles. The number of methoxy groups -OCH3 is 2. The van der Waals surface area contributed by atoms with E-state index >= 15 is 0 Å². The second kappa shape index (κ2) is 5.67. The summed E-state index contributed by atoms with van der Waals surface area (Å²) in [6, 6.07) is 6.52. The summed E-state index contributed by atoms with van der Waals surface area (Å²) in [7, 11) is 2.88. The number of hydrogen-bond donors (Lipinski definition) is 0. The van der Waals surface area contributed by atoms with Gasteiger partial charge in [-0.1, -0.05) is 11.6 Å². The highest BCUT2D eigenvalue weighted by molar-refractivity contribution is 6.30. The molecule has 0 radical (unpaired) electrons. The van der Waals surface area contributed by atoms with Gasteiger partial charge in [-0.25, -0.2) is 4.98 Å². The Morgan fingerprint density at radius 1 is 1.16 bits per heavy atom. The fourth-order valence-corrected chi connectivity index (χ4v) is 1.62. The zero-order chi connectivity index (χ0) is 13.8. The van der Waals surface area contributed by atoms with E-state index in [0.717, 1.165) is 0 Å². The highest BCUT2D eigenvalue weighted by Crippen LogP contribution is 2.20. The smallest absolute Gasteiger partial charge is 0.247 e. The van der Waals surface area contributed by atoms with Crippen LogP contribution in [0.25, 0.3) is 0 Å². The first-order valence-electron chi connectivity index (χ1n) is 5.41. The molecule has 0 atom stereocenters. The molecule has 0 aliphatic carbocycles. The standard InChI is InChI=1S/C13H11ClN2O3/c1-18-10-7-15-11(13(16-10)19-2)12(17)8-3-5-9(14)6-4-8/h3-7H,1-2H3. The summed E-state index contributed by atoms with van der Waals surface area (Å²) in [6.07, 6.45) is 1.37. The van der Waals surface area contributed by atoms with Crippen molar-refractivity contribution in [2.75, 3.05) is 14.2 Å². The molecule has 0 spiro atoms. The third-order valence-corrected chi connectivity index (χ3v) is 2.69. The van der Waals surface area contributed by atoms with Crippen molar-refractivity contribution in [2.24, 2.45) is 0 Å². The van der Waals surface area contributed by atoms with Gasteiger partial charge in [0.15, 0.2) is 5.69 Å². The summed E-state index contributed by atoms with van der Waals surface area (Å²) in [4.78, 5) is 20.3. The lowest BCUT2D eigenvalue weighted by Crippen LogP contribution is -2.08. The Morgan fingerprint density at radius 2 is 1.84 bits per heavy atom. The highest BCUT2D eigenvalue weighted by atomic mass is 35.5. The van der Waals surface area contributed by atoms with Crippen LogP contribution in [0, 0.1) is 0 Å². The first kappa shape index (κ1) is 13.3. The number of aromatic nitrogens is 2. The highest BCUT2D eigenvalue weighted by Gasteiger charge is 2.18. The molecule has 98 valence electrons. The average molecular weight is 279 g/mol. The normalized spacial score (nSPS) is 10.1. The molecule has 0 fully saturated rings. The molecule has 1 heterocycles. The fraction of sp³-hybridized carbons (Fsp3) is 0.154. The molecule has 5 nitrogen and oxygen atoms in total. The van der Waals surface area contributed by atoms with E-state index in [-0.39, 0.29) is 23.2 Å². The number of carbonyl (C=O) groups excluding carboxylic acids is 1. The number of ketones is 1. The van der Waals surface area contributed by atoms with Crippen LogP contribution < -0.4 is 9.47 Å². The van der Waals surface area contributed by atoms with Gasteiger partial charge in [-0.2, -0.15) is 4.98 Å². The molecule has 0 N–H and O–H groups in total. The first-order chi connectivity index (χ1) is 9.15. The molecule has 0 saturated carbocycles. The van der Waals surface area contributed by atoms with Crippen molar-refractivity contribution in [2.45, 2.75) is 0 Å². The van der Waals surface area contributed by atoms with E-state index in [1.807, 2.05) is 0 Å². The summed E-state index contributed by atoms with van der Waals surface area (Å²) in [5.74, 6) is 0.118. The Kier molecular flexibility index (Phi) is 3.97. The molecule has 6 heteroatoms. The van der Waals surface area contributed by atoms with Crippen molar-refractivity contribution in [1.82, 2.24) is 9.97 Å². The summed E-state index contributed by atoms with van der Waals surface area (Å²) >= 11 is 5.78. The molecule has 0 saturated heterocycles. The van der Waals surface area contributed by atoms with Crippen molar-refractivity contribution in [3.05, 3.63) is 46.7 Å². The van der Waals surface area contributed by atoms with Gasteiger partial charge in [0.25, 0.3) is 0 Å². The SMILES string of the molecule is COc1cnc(C(=O)c2ccc(Cl)cc2)c(OC)n1. The summed E-state index contributed by atoms with van der Waals surface area (Å²) < 4.78 is 9.98. The third kappa shape index (κ3) is 2.82. The molecular formula is C13H11ClN2O3. The van der Waals surface area contributed by atoms with E-state index in [0.29, 0.717) is 10.6 Å². The lowest BCUT2D eigenvalue weighted by Gasteiger charge is -2.07. The molecule has 1 aromatic carbocycles. The average Bonchev–Trinajstić information content (AvgIpc) is 2.46. The summed E-state index contributed by atoms with van der Waals surface area (Å²) in [6.45, 7) is 0. The van der Waals surface area contributed by atoms with Gasteiger partial charge in [0.2, 0.25) is 17.5 Å². The molecule has 0 amide bonds. The van der Waals surface area contributed by atoms with Crippen molar-refractivity contribution in [3.63, 3.8) is 0 Å². The number of carbonyl (C=O) groups is 1. The van der Waals surface area contributed by atoms with Crippen molar-refractivity contribution in [1.29, 1.82) is 0 Å². The summed E-state index contributed by atoms with van der Waals surface area (Å²) in [5, 5.41) is 0.560. The number of halogens is 1. The molecule has 19 heavy (non-hydrogen) atoms. The molecule has 1 aromatic heterocycles. The van der Waals surface area contributed by atoms with Crippen LogP contribution in [0.1, 0.15) is 16.1 Å². The van der Waals surface area contributed by atoms with Gasteiger partial charge in [0.1, 0.15) is 0 Å². The lowest BCUT2D eigenvalue weighted by molar-refractivity contribution is 0.103. The quantitative estimate of drug-likeness (QED) is 0.804. The van der Waals surface area contributed by atoms with Crippen LogP contribution in [-0.4, -0.2) is 30.0 Å². The maximum atomic E-state index is 12.3. The Bertz CT molecular complexity index is 599. The Balaban J connectivity index is 2.40. The van der Waals surface area contributed by atoms with Crippen molar-refractivity contribution in [3.8, 4) is 11.8 Å². The largest absolute Gasteiger partial charge is 0.480 e. The molecular weight excluding hydrogens is 268 g/mol. The van der Waals surface area contributed by atoms with Gasteiger partial charge in [0, 0.05) is 10.6 Å². The Morgan fingerprint density at radius 3 is 2.42 bits per heavy atom. The molecule has 0 unspecified atom stereocenters. The molecule has 0 aliphatic rings. The van der Waals surface area contributed by atoms with Gasteiger partial charge in [-0.3, -0.25) is 4.79 Å². The van der Waals surface area contributed by atoms with Gasteiger partial charge in [-0.15, -0.1) is 0 Å². The lowest BCUT2D eigenvalue weighted by atomic mass is 10.1. The predicted molar refractivity (Wildman–Crippen MR) is 70.0 cm³/mol. The Labute approximate surface area is 115 Å². The predicted octanol–water partition coefficient (Wildman–Crippen LogP) is 2.38. The topological polar surface area (TPSA) is 61.3 Å². The number of rotatable bonds is 4. The molecule has 0 bridgehead atoms. The van der Waals surface area contributed by atoms with E-state index < -0.39 is 0 Å². The zero-order valence-corrected chi connectivity index (χ0v) is 11.1. The van der Waals surface area contributed by atoms with Crippen LogP contribution in [0.2, 0.25) is 5.02 Å². The van der Waals surface area contributed by atoms with Crippen LogP contribution >= 0.6 is 11.6 Å². The molecule has 2 aromatic rings. The van der Waals surface area contributed by atoms with E-state index in [1.165, 1.54) is 20.4 Å². The van der Waals surface area contributed by atoms with Crippen LogP contribution in [0.5, 0.6) is 11.8 Å². The number of nitrogens with zero attached hydrogens (tertiary/aromatic N) is 2. The van der Waals surface area contributed by atoms with E-state index in [9.17, 15) is 4.79 Å². The maximum Gasteiger partial charge on any atom is 0.247 e. The zero-order valence-electron chi connectivity index (χ0n) is 10.4. The first-order valence-corrected chi connectivity index (χ1v) is 5.78. The van der Waals surface area contributed by atoms with Crippen LogP contribution in [-0.2, 0) is 0 Å². The minimum Gasteiger partial charge on any atom is -0.480 e. The van der Waals surface area contributed by atoms with E-state index in [2.05, 4.69) is 9.97 Å². The second-order valence-electron chi connectivity index (χ2n) is 3.61. The van der Waals surface area contributed by atoms with Crippen LogP contribution in [0.15, 0.2) is 30.5 Å². The fourth-order valence-electron chi connectivity index (χ4n) is 1.49. The molecule has 2 rings (SSSR count). The van der Waals surface area contributed by atoms with Crippen molar-refractivity contribution < 1.29 is 14.3 Å². The number of hydrogen-bond acceptors (Lipinski definition) is 5. The minimum absolute atomic E-state index is 0.124. The van der Waals surface area contributed by atoms with Gasteiger partial charge >= 0.3 is 0 Å².